The highest BCUT2D eigenvalue weighted by Gasteiger charge is 2.45. The molecule has 0 saturated heterocycles. The third-order valence-electron chi connectivity index (χ3n) is 5.40. The number of benzene rings is 1. The molecule has 0 aliphatic carbocycles. The molecule has 1 aliphatic heterocycles. The summed E-state index contributed by atoms with van der Waals surface area (Å²) in [5, 5.41) is 11.8. The molecule has 0 spiro atoms. The number of pyridine rings is 1. The summed E-state index contributed by atoms with van der Waals surface area (Å²) in [5.41, 5.74) is 3.50. The van der Waals surface area contributed by atoms with E-state index in [0.29, 0.717) is 12.5 Å². The van der Waals surface area contributed by atoms with Crippen LogP contribution >= 0.6 is 0 Å². The van der Waals surface area contributed by atoms with Crippen molar-refractivity contribution in [2.24, 2.45) is 0 Å². The number of nitrogens with zero attached hydrogens (tertiary/aromatic N) is 3. The Morgan fingerprint density at radius 2 is 1.62 bits per heavy atom. The maximum absolute atomic E-state index is 10.4. The lowest BCUT2D eigenvalue weighted by Gasteiger charge is -2.36. The van der Waals surface area contributed by atoms with Crippen molar-refractivity contribution in [1.29, 1.82) is 0 Å². The first kappa shape index (κ1) is 21.1. The van der Waals surface area contributed by atoms with E-state index >= 15 is 0 Å². The highest BCUT2D eigenvalue weighted by molar-refractivity contribution is 5.70. The van der Waals surface area contributed by atoms with E-state index in [1.807, 2.05) is 60.0 Å². The number of hydroxylamine groups is 2. The molecule has 29 heavy (non-hydrogen) atoms. The molecule has 154 valence electrons. The molecule has 1 aromatic carbocycles. The summed E-state index contributed by atoms with van der Waals surface area (Å²) < 4.78 is 5.87. The highest BCUT2D eigenvalue weighted by Crippen LogP contribution is 2.38. The average Bonchev–Trinajstić information content (AvgIpc) is 2.85. The van der Waals surface area contributed by atoms with Crippen molar-refractivity contribution in [1.82, 2.24) is 10.0 Å². The van der Waals surface area contributed by atoms with Crippen LogP contribution < -0.4 is 9.64 Å². The number of hydrogen-bond acceptors (Lipinski definition) is 5. The first-order valence-corrected chi connectivity index (χ1v) is 9.85. The van der Waals surface area contributed by atoms with E-state index in [9.17, 15) is 5.21 Å². The van der Waals surface area contributed by atoms with Crippen LogP contribution in [0.2, 0.25) is 0 Å². The third-order valence-corrected chi connectivity index (χ3v) is 5.40. The minimum absolute atomic E-state index is 0.397. The van der Waals surface area contributed by atoms with E-state index < -0.39 is 11.1 Å². The smallest absolute Gasteiger partial charge is 0.213 e. The van der Waals surface area contributed by atoms with E-state index in [1.54, 1.807) is 6.20 Å². The summed E-state index contributed by atoms with van der Waals surface area (Å²) in [6.07, 6.45) is 7.97. The van der Waals surface area contributed by atoms with Crippen molar-refractivity contribution in [2.75, 3.05) is 25.6 Å². The van der Waals surface area contributed by atoms with Gasteiger partial charge in [-0.3, -0.25) is 0 Å². The van der Waals surface area contributed by atoms with Crippen LogP contribution in [0, 0.1) is 0 Å². The molecule has 1 N–H and O–H groups in total. The van der Waals surface area contributed by atoms with Gasteiger partial charge in [0.05, 0.1) is 11.1 Å². The Bertz CT molecular complexity index is 895. The topological polar surface area (TPSA) is 48.8 Å². The Kier molecular flexibility index (Phi) is 5.82. The second-order valence-electron chi connectivity index (χ2n) is 8.73. The van der Waals surface area contributed by atoms with Crippen LogP contribution in [0.3, 0.4) is 0 Å². The monoisotopic (exact) mass is 393 g/mol. The first-order chi connectivity index (χ1) is 13.6. The maximum Gasteiger partial charge on any atom is 0.213 e. The van der Waals surface area contributed by atoms with Crippen molar-refractivity contribution >= 4 is 17.8 Å². The molecule has 5 nitrogen and oxygen atoms in total. The molecule has 0 saturated carbocycles. The molecule has 3 rings (SSSR count). The van der Waals surface area contributed by atoms with Crippen molar-refractivity contribution in [3.05, 3.63) is 65.4 Å². The van der Waals surface area contributed by atoms with E-state index in [1.165, 1.54) is 10.8 Å². The lowest BCUT2D eigenvalue weighted by Crippen LogP contribution is -2.48. The van der Waals surface area contributed by atoms with Crippen molar-refractivity contribution < 1.29 is 9.94 Å². The van der Waals surface area contributed by atoms with Crippen LogP contribution in [0.25, 0.3) is 12.2 Å². The molecular weight excluding hydrogens is 362 g/mol. The SMILES string of the molecule is CN(C)c1ccc(/C=C/c2ccc(OCC3=CC(C)(C)N(O)C3(C)C)nc2)cc1. The number of ether oxygens (including phenoxy) is 1. The van der Waals surface area contributed by atoms with Gasteiger partial charge in [0, 0.05) is 32.0 Å². The van der Waals surface area contributed by atoms with Gasteiger partial charge in [0.2, 0.25) is 5.88 Å². The van der Waals surface area contributed by atoms with Gasteiger partial charge in [0.15, 0.2) is 0 Å². The summed E-state index contributed by atoms with van der Waals surface area (Å²) in [4.78, 5) is 6.49. The molecule has 0 unspecified atom stereocenters. The van der Waals surface area contributed by atoms with E-state index in [0.717, 1.165) is 16.7 Å². The Labute approximate surface area is 173 Å². The Morgan fingerprint density at radius 1 is 1.00 bits per heavy atom. The fourth-order valence-corrected chi connectivity index (χ4v) is 3.54. The molecule has 2 heterocycles. The third kappa shape index (κ3) is 4.69. The van der Waals surface area contributed by atoms with E-state index in [4.69, 9.17) is 4.74 Å². The molecule has 5 heteroatoms. The van der Waals surface area contributed by atoms with Gasteiger partial charge in [0.25, 0.3) is 0 Å². The molecule has 0 radical (unpaired) electrons. The quantitative estimate of drug-likeness (QED) is 0.709. The highest BCUT2D eigenvalue weighted by atomic mass is 16.5. The molecule has 2 aromatic rings. The zero-order valence-electron chi connectivity index (χ0n) is 18.2. The molecule has 0 atom stereocenters. The Hall–Kier alpha value is -2.63. The van der Waals surface area contributed by atoms with Gasteiger partial charge in [-0.15, -0.1) is 0 Å². The van der Waals surface area contributed by atoms with Gasteiger partial charge >= 0.3 is 0 Å². The summed E-state index contributed by atoms with van der Waals surface area (Å²) >= 11 is 0. The second kappa shape index (κ2) is 8.01. The Balaban J connectivity index is 1.61. The summed E-state index contributed by atoms with van der Waals surface area (Å²) in [6, 6.07) is 12.3. The zero-order chi connectivity index (χ0) is 21.2. The van der Waals surface area contributed by atoms with Crippen LogP contribution in [0.1, 0.15) is 38.8 Å². The second-order valence-corrected chi connectivity index (χ2v) is 8.73. The minimum Gasteiger partial charge on any atom is -0.473 e. The van der Waals surface area contributed by atoms with Crippen molar-refractivity contribution in [2.45, 2.75) is 38.8 Å². The number of rotatable bonds is 6. The van der Waals surface area contributed by atoms with Crippen LogP contribution in [0.15, 0.2) is 54.2 Å². The summed E-state index contributed by atoms with van der Waals surface area (Å²) in [7, 11) is 4.07. The van der Waals surface area contributed by atoms with Gasteiger partial charge in [-0.05, 0) is 62.6 Å². The van der Waals surface area contributed by atoms with Crippen LogP contribution in [-0.2, 0) is 0 Å². The number of hydrogen-bond donors (Lipinski definition) is 1. The molecule has 0 bridgehead atoms. The molecule has 0 fully saturated rings. The van der Waals surface area contributed by atoms with Gasteiger partial charge < -0.3 is 14.8 Å². The van der Waals surface area contributed by atoms with Crippen LogP contribution in [0.5, 0.6) is 5.88 Å². The predicted octanol–water partition coefficient (Wildman–Crippen LogP) is 4.89. The molecule has 1 aromatic heterocycles. The van der Waals surface area contributed by atoms with E-state index in [-0.39, 0.29) is 0 Å². The van der Waals surface area contributed by atoms with Gasteiger partial charge in [-0.25, -0.2) is 4.98 Å². The molecule has 0 amide bonds. The molecule has 1 aliphatic rings. The lowest BCUT2D eigenvalue weighted by atomic mass is 9.97. The fourth-order valence-electron chi connectivity index (χ4n) is 3.54. The van der Waals surface area contributed by atoms with Crippen LogP contribution in [0.4, 0.5) is 5.69 Å². The van der Waals surface area contributed by atoms with Gasteiger partial charge in [-0.2, -0.15) is 5.06 Å². The fraction of sp³-hybridized carbons (Fsp3) is 0.375. The van der Waals surface area contributed by atoms with Crippen LogP contribution in [-0.4, -0.2) is 47.0 Å². The first-order valence-electron chi connectivity index (χ1n) is 9.85. The predicted molar refractivity (Wildman–Crippen MR) is 119 cm³/mol. The zero-order valence-corrected chi connectivity index (χ0v) is 18.2. The van der Waals surface area contributed by atoms with E-state index in [2.05, 4.69) is 46.3 Å². The number of anilines is 1. The van der Waals surface area contributed by atoms with Crippen molar-refractivity contribution in [3.8, 4) is 5.88 Å². The maximum atomic E-state index is 10.4. The summed E-state index contributed by atoms with van der Waals surface area (Å²) in [6.45, 7) is 8.34. The summed E-state index contributed by atoms with van der Waals surface area (Å²) in [5.74, 6) is 0.573. The van der Waals surface area contributed by atoms with Crippen molar-refractivity contribution in [3.63, 3.8) is 0 Å². The van der Waals surface area contributed by atoms with Gasteiger partial charge in [-0.1, -0.05) is 30.4 Å². The standard InChI is InChI=1S/C24H31N3O2/c1-23(2)15-20(24(3,4)27(23)28)17-29-22-14-11-19(16-25-22)8-7-18-9-12-21(13-10-18)26(5)6/h7-16,28H,17H2,1-6H3/b8-7+. The lowest BCUT2D eigenvalue weighted by molar-refractivity contribution is -0.185. The number of aromatic nitrogens is 1. The normalized spacial score (nSPS) is 18.1. The molecular formula is C24H31N3O2. The largest absolute Gasteiger partial charge is 0.473 e. The van der Waals surface area contributed by atoms with Gasteiger partial charge in [0.1, 0.15) is 6.61 Å². The Morgan fingerprint density at radius 3 is 2.14 bits per heavy atom. The minimum atomic E-state index is -0.464. The average molecular weight is 394 g/mol.